The highest BCUT2D eigenvalue weighted by Crippen LogP contribution is 2.49. The molecule has 0 radical (unpaired) electrons. The molecule has 1 aliphatic carbocycles. The molecule has 0 aromatic heterocycles. The monoisotopic (exact) mass is 1200 g/mol. The van der Waals surface area contributed by atoms with Crippen molar-refractivity contribution in [1.82, 2.24) is 5.32 Å². The quantitative estimate of drug-likeness (QED) is 0.0162. The zero-order chi connectivity index (χ0) is 58.6. The number of ether oxygens (including phenoxy) is 11. The summed E-state index contributed by atoms with van der Waals surface area (Å²) in [5, 5.41) is 2.90. The number of aryl methyl sites for hydroxylation is 2. The second kappa shape index (κ2) is 35.1. The Labute approximate surface area is 493 Å². The van der Waals surface area contributed by atoms with Crippen molar-refractivity contribution in [1.29, 1.82) is 0 Å². The fourth-order valence-electron chi connectivity index (χ4n) is 9.04. The third-order valence-corrected chi connectivity index (χ3v) is 14.1. The number of halogens is 3. The number of rotatable bonds is 28. The summed E-state index contributed by atoms with van der Waals surface area (Å²) in [7, 11) is 3.21. The summed E-state index contributed by atoms with van der Waals surface area (Å²) in [6, 6.07) is 16.8. The Morgan fingerprint density at radius 2 is 1.27 bits per heavy atom. The lowest BCUT2D eigenvalue weighted by Gasteiger charge is -2.28. The second-order valence-electron chi connectivity index (χ2n) is 18.8. The van der Waals surface area contributed by atoms with E-state index in [0.29, 0.717) is 125 Å². The van der Waals surface area contributed by atoms with E-state index in [0.717, 1.165) is 42.8 Å². The van der Waals surface area contributed by atoms with Gasteiger partial charge >= 0.3 is 17.9 Å². The van der Waals surface area contributed by atoms with Gasteiger partial charge in [-0.3, -0.25) is 24.0 Å². The number of carbonyl (C=O) groups is 4. The van der Waals surface area contributed by atoms with E-state index in [2.05, 4.69) is 15.1 Å². The van der Waals surface area contributed by atoms with Gasteiger partial charge in [-0.2, -0.15) is 0 Å². The van der Waals surface area contributed by atoms with Gasteiger partial charge in [0.05, 0.1) is 85.1 Å². The Hall–Kier alpha value is -6.10. The first kappa shape index (κ1) is 65.1. The Morgan fingerprint density at radius 3 is 1.94 bits per heavy atom. The SMILES string of the molecule is COc1ccccc1N1CCOCCOCCN(c2ccc(-c3c4cc(CCC(=O)NCCOCCOCCCCCCCl)c(=O)c(Cl)c-4oc4c(Cl)c(OCOC(C)=O)c(CCC(=O)OCOC(C)=O)cc34)cc2OC)CCOCC1. The third-order valence-electron chi connectivity index (χ3n) is 13.2. The van der Waals surface area contributed by atoms with Crippen molar-refractivity contribution in [3.8, 4) is 39.7 Å². The Kier molecular flexibility index (Phi) is 27.9. The molecule has 3 aromatic rings. The second-order valence-corrected chi connectivity index (χ2v) is 19.9. The smallest absolute Gasteiger partial charge is 0.308 e. The highest BCUT2D eigenvalue weighted by atomic mass is 35.5. The maximum Gasteiger partial charge on any atom is 0.308 e. The number of carbonyl (C=O) groups excluding carboxylic acids is 4. The van der Waals surface area contributed by atoms with Gasteiger partial charge in [0.1, 0.15) is 27.3 Å². The van der Waals surface area contributed by atoms with Crippen LogP contribution >= 0.6 is 34.8 Å². The molecule has 23 heteroatoms. The fourth-order valence-corrected chi connectivity index (χ4v) is 9.80. The highest BCUT2D eigenvalue weighted by Gasteiger charge is 2.29. The number of methoxy groups -OCH3 is 2. The number of anilines is 2. The molecule has 0 atom stereocenters. The maximum atomic E-state index is 14.1. The molecule has 0 spiro atoms. The van der Waals surface area contributed by atoms with Crippen LogP contribution in [0.1, 0.15) is 63.5 Å². The van der Waals surface area contributed by atoms with Crippen LogP contribution in [-0.4, -0.2) is 156 Å². The van der Waals surface area contributed by atoms with Crippen LogP contribution in [0.3, 0.4) is 0 Å². The summed E-state index contributed by atoms with van der Waals surface area (Å²) in [4.78, 5) is 67.8. The van der Waals surface area contributed by atoms with Gasteiger partial charge in [-0.05, 0) is 73.2 Å². The van der Waals surface area contributed by atoms with E-state index < -0.39 is 36.9 Å². The molecular formula is C59H74Cl3N3O17. The lowest BCUT2D eigenvalue weighted by molar-refractivity contribution is -0.165. The lowest BCUT2D eigenvalue weighted by Crippen LogP contribution is -2.33. The van der Waals surface area contributed by atoms with Crippen molar-refractivity contribution in [2.45, 2.75) is 65.2 Å². The molecular weight excluding hydrogens is 1130 g/mol. The average molecular weight is 1200 g/mol. The van der Waals surface area contributed by atoms with E-state index in [4.69, 9.17) is 91.3 Å². The van der Waals surface area contributed by atoms with Crippen molar-refractivity contribution >= 4 is 81.0 Å². The highest BCUT2D eigenvalue weighted by molar-refractivity contribution is 6.37. The molecule has 0 saturated carbocycles. The molecule has 6 rings (SSSR count). The molecule has 1 fully saturated rings. The Bertz CT molecular complexity index is 2890. The molecule has 82 heavy (non-hydrogen) atoms. The van der Waals surface area contributed by atoms with Crippen LogP contribution in [0.4, 0.5) is 11.4 Å². The van der Waals surface area contributed by atoms with Gasteiger partial charge in [0.25, 0.3) is 0 Å². The Morgan fingerprint density at radius 1 is 0.646 bits per heavy atom. The van der Waals surface area contributed by atoms with Crippen molar-refractivity contribution < 1.29 is 75.7 Å². The van der Waals surface area contributed by atoms with Crippen molar-refractivity contribution in [3.05, 3.63) is 86.0 Å². The van der Waals surface area contributed by atoms with Crippen LogP contribution < -0.4 is 34.8 Å². The number of hydrogen-bond acceptors (Lipinski definition) is 19. The number of amides is 1. The maximum absolute atomic E-state index is 14.1. The van der Waals surface area contributed by atoms with Crippen LogP contribution in [-0.2, 0) is 69.9 Å². The molecule has 20 nitrogen and oxygen atoms in total. The molecule has 0 unspecified atom stereocenters. The van der Waals surface area contributed by atoms with Gasteiger partial charge in [-0.15, -0.1) is 11.6 Å². The van der Waals surface area contributed by atoms with Gasteiger partial charge in [0, 0.05) is 94.0 Å². The predicted octanol–water partition coefficient (Wildman–Crippen LogP) is 9.04. The zero-order valence-corrected chi connectivity index (χ0v) is 49.3. The predicted molar refractivity (Wildman–Crippen MR) is 311 cm³/mol. The minimum atomic E-state index is -0.699. The first-order valence-electron chi connectivity index (χ1n) is 27.4. The van der Waals surface area contributed by atoms with Crippen molar-refractivity contribution in [3.63, 3.8) is 0 Å². The van der Waals surface area contributed by atoms with Crippen molar-refractivity contribution in [2.75, 3.05) is 142 Å². The molecule has 3 aromatic carbocycles. The largest absolute Gasteiger partial charge is 0.495 e. The molecule has 2 heterocycles. The van der Waals surface area contributed by atoms with Crippen LogP contribution in [0, 0.1) is 0 Å². The number of benzene rings is 4. The molecule has 2 aliphatic heterocycles. The van der Waals surface area contributed by atoms with E-state index >= 15 is 0 Å². The van der Waals surface area contributed by atoms with E-state index in [-0.39, 0.29) is 77.4 Å². The van der Waals surface area contributed by atoms with E-state index in [1.807, 2.05) is 42.5 Å². The van der Waals surface area contributed by atoms with E-state index in [1.165, 1.54) is 13.8 Å². The molecule has 3 aliphatic rings. The topological polar surface area (TPSA) is 219 Å². The third kappa shape index (κ3) is 19.8. The van der Waals surface area contributed by atoms with E-state index in [9.17, 15) is 24.0 Å². The number of para-hydroxylation sites is 2. The average Bonchev–Trinajstić information content (AvgIpc) is 1.33. The molecule has 1 saturated heterocycles. The van der Waals surface area contributed by atoms with Crippen LogP contribution in [0.25, 0.3) is 33.4 Å². The molecule has 1 N–H and O–H groups in total. The summed E-state index contributed by atoms with van der Waals surface area (Å²) in [6.45, 7) is 7.84. The standard InChI is InChI=1S/C59H74Cl3N3O17/c1-40(66)78-38-80-52(69)18-15-44-36-46-53(42-13-16-48(50(37-42)72-4)65-22-28-75-27-21-64(23-29-76-33-34-77-30-24-65)47-11-7-8-12-49(47)71-3)45-35-43(14-17-51(68)63-20-26-74-32-31-73-25-10-6-5-9-19-60)56(70)54(61)58(45)82-59(46)55(62)57(44)81-39-79-41(2)67/h7-8,11-13,16,35-37H,5-6,9-10,14-15,17-34,38-39H2,1-4H3,(H,63,68). The summed E-state index contributed by atoms with van der Waals surface area (Å²) in [5.41, 5.74) is 3.23. The zero-order valence-electron chi connectivity index (χ0n) is 47.0. The van der Waals surface area contributed by atoms with Gasteiger partial charge in [0.15, 0.2) is 11.3 Å². The van der Waals surface area contributed by atoms with Gasteiger partial charge in [-0.25, -0.2) is 0 Å². The lowest BCUT2D eigenvalue weighted by atomic mass is 9.90. The number of fused-ring (bicyclic) bond motifs is 2. The fraction of sp³-hybridized carbons (Fsp3) is 0.508. The summed E-state index contributed by atoms with van der Waals surface area (Å²) in [5.74, 6) is -0.377. The Balaban J connectivity index is 1.34. The molecule has 1 amide bonds. The number of nitrogens with one attached hydrogen (secondary N) is 1. The summed E-state index contributed by atoms with van der Waals surface area (Å²) >= 11 is 20.0. The first-order chi connectivity index (χ1) is 39.8. The first-order valence-corrected chi connectivity index (χ1v) is 28.6. The van der Waals surface area contributed by atoms with E-state index in [1.54, 1.807) is 26.4 Å². The van der Waals surface area contributed by atoms with Gasteiger partial charge in [0.2, 0.25) is 24.9 Å². The van der Waals surface area contributed by atoms with Gasteiger partial charge in [-0.1, -0.05) is 54.2 Å². The minimum Gasteiger partial charge on any atom is -0.495 e. The summed E-state index contributed by atoms with van der Waals surface area (Å²) < 4.78 is 68.9. The van der Waals surface area contributed by atoms with Crippen molar-refractivity contribution in [2.24, 2.45) is 0 Å². The number of nitrogens with zero attached hydrogens (tertiary/aromatic N) is 2. The summed E-state index contributed by atoms with van der Waals surface area (Å²) in [6.07, 6.45) is 3.81. The number of hydrogen-bond donors (Lipinski definition) is 1. The molecule has 0 bridgehead atoms. The normalized spacial score (nSPS) is 13.7. The number of alkyl halides is 1. The van der Waals surface area contributed by atoms with Crippen LogP contribution in [0.15, 0.2) is 63.8 Å². The van der Waals surface area contributed by atoms with Crippen LogP contribution in [0.2, 0.25) is 10.0 Å². The molecule has 448 valence electrons. The number of esters is 3. The van der Waals surface area contributed by atoms with Crippen LogP contribution in [0.5, 0.6) is 17.2 Å². The van der Waals surface area contributed by atoms with Gasteiger partial charge < -0.3 is 71.6 Å². The minimum absolute atomic E-state index is 0.00953. The number of unbranched alkanes of at least 4 members (excludes halogenated alkanes) is 3.